The molecule has 1 aromatic carbocycles. The van der Waals surface area contributed by atoms with Crippen LogP contribution in [0.25, 0.3) is 22.0 Å². The highest BCUT2D eigenvalue weighted by atomic mass is 31.1. The van der Waals surface area contributed by atoms with E-state index >= 15 is 0 Å². The molecule has 3 rings (SSSR count). The smallest absolute Gasteiger partial charge is 0.491 e. The van der Waals surface area contributed by atoms with Crippen molar-refractivity contribution in [2.75, 3.05) is 6.61 Å². The number of ether oxygens (including phenoxy) is 1. The fourth-order valence-electron chi connectivity index (χ4n) is 2.77. The van der Waals surface area contributed by atoms with Crippen molar-refractivity contribution in [2.24, 2.45) is 7.05 Å². The molecule has 1 atom stereocenters. The van der Waals surface area contributed by atoms with Gasteiger partial charge in [-0.15, -0.1) is 4.89 Å². The molecular weight excluding hydrogens is 376 g/mol. The summed E-state index contributed by atoms with van der Waals surface area (Å²) < 4.78 is 38.9. The van der Waals surface area contributed by atoms with Crippen LogP contribution in [0.4, 0.5) is 4.39 Å². The van der Waals surface area contributed by atoms with Gasteiger partial charge in [0, 0.05) is 35.1 Å². The molecule has 0 aliphatic carbocycles. The minimum Gasteiger partial charge on any atom is -0.491 e. The second kappa shape index (κ2) is 7.96. The van der Waals surface area contributed by atoms with Gasteiger partial charge in [0.15, 0.2) is 12.2 Å². The first-order chi connectivity index (χ1) is 12.9. The Morgan fingerprint density at radius 2 is 2.11 bits per heavy atom. The van der Waals surface area contributed by atoms with Crippen LogP contribution in [0.1, 0.15) is 13.3 Å². The number of rotatable bonds is 7. The molecular formula is C17H18FN3O5P+. The van der Waals surface area contributed by atoms with Crippen molar-refractivity contribution in [3.8, 4) is 16.9 Å². The van der Waals surface area contributed by atoms with Gasteiger partial charge in [0.1, 0.15) is 11.6 Å². The Kier molecular flexibility index (Phi) is 5.65. The van der Waals surface area contributed by atoms with Gasteiger partial charge in [0.05, 0.1) is 23.7 Å². The van der Waals surface area contributed by atoms with Gasteiger partial charge in [-0.05, 0) is 18.6 Å². The second-order valence-electron chi connectivity index (χ2n) is 5.86. The lowest BCUT2D eigenvalue weighted by molar-refractivity contribution is 0.220. The molecule has 0 saturated carbocycles. The van der Waals surface area contributed by atoms with Crippen molar-refractivity contribution >= 4 is 19.2 Å². The van der Waals surface area contributed by atoms with Crippen LogP contribution in [-0.2, 0) is 22.9 Å². The number of fused-ring (bicyclic) bond motifs is 1. The van der Waals surface area contributed by atoms with E-state index in [-0.39, 0.29) is 23.2 Å². The molecule has 10 heteroatoms. The Morgan fingerprint density at radius 3 is 2.74 bits per heavy atom. The summed E-state index contributed by atoms with van der Waals surface area (Å²) >= 11 is 0. The molecule has 0 aliphatic rings. The topological polar surface area (TPSA) is 95.6 Å². The van der Waals surface area contributed by atoms with Crippen molar-refractivity contribution in [1.82, 2.24) is 14.3 Å². The highest BCUT2D eigenvalue weighted by Crippen LogP contribution is 2.30. The average molecular weight is 394 g/mol. The molecule has 27 heavy (non-hydrogen) atoms. The van der Waals surface area contributed by atoms with E-state index in [1.807, 2.05) is 6.92 Å². The van der Waals surface area contributed by atoms with Crippen LogP contribution in [0.3, 0.4) is 0 Å². The number of benzene rings is 1. The number of aryl methyl sites for hydroxylation is 1. The van der Waals surface area contributed by atoms with Crippen LogP contribution >= 0.6 is 8.25 Å². The lowest BCUT2D eigenvalue weighted by atomic mass is 10.1. The summed E-state index contributed by atoms with van der Waals surface area (Å²) in [7, 11) is -1.18. The standard InChI is InChI=1S/C17H17FN3O5P/c1-3-6-25-14-5-4-13(18)15-16(14)21(10-26-27(23)24)9-12(17(15)22)11-7-19-20(2)8-11/h4-5,7-9H,3,6,10H2,1-2H3/p+1. The first kappa shape index (κ1) is 19.2. The van der Waals surface area contributed by atoms with Crippen LogP contribution in [0, 0.1) is 5.82 Å². The lowest BCUT2D eigenvalue weighted by Crippen LogP contribution is -2.15. The van der Waals surface area contributed by atoms with Crippen LogP contribution in [-0.4, -0.2) is 25.8 Å². The van der Waals surface area contributed by atoms with Crippen molar-refractivity contribution in [2.45, 2.75) is 20.1 Å². The summed E-state index contributed by atoms with van der Waals surface area (Å²) in [5.74, 6) is -0.424. The molecule has 1 unspecified atom stereocenters. The SMILES string of the molecule is CCCOc1ccc(F)c2c(=O)c(-c3cnn(C)c3)cn(CO[P+](=O)O)c12. The van der Waals surface area contributed by atoms with Gasteiger partial charge in [0.2, 0.25) is 0 Å². The Labute approximate surface area is 154 Å². The summed E-state index contributed by atoms with van der Waals surface area (Å²) in [6.07, 6.45) is 5.26. The van der Waals surface area contributed by atoms with Crippen LogP contribution < -0.4 is 10.2 Å². The van der Waals surface area contributed by atoms with Crippen molar-refractivity contribution < 1.29 is 23.1 Å². The minimum atomic E-state index is -2.88. The molecule has 0 saturated heterocycles. The van der Waals surface area contributed by atoms with Gasteiger partial charge in [0.25, 0.3) is 0 Å². The highest BCUT2D eigenvalue weighted by Gasteiger charge is 2.21. The Balaban J connectivity index is 2.31. The van der Waals surface area contributed by atoms with E-state index in [1.54, 1.807) is 13.2 Å². The highest BCUT2D eigenvalue weighted by molar-refractivity contribution is 7.32. The van der Waals surface area contributed by atoms with E-state index < -0.39 is 19.5 Å². The number of halogens is 1. The molecule has 0 spiro atoms. The first-order valence-corrected chi connectivity index (χ1v) is 9.32. The van der Waals surface area contributed by atoms with E-state index in [9.17, 15) is 13.8 Å². The summed E-state index contributed by atoms with van der Waals surface area (Å²) in [5.41, 5.74) is 0.324. The summed E-state index contributed by atoms with van der Waals surface area (Å²) in [4.78, 5) is 22.0. The third kappa shape index (κ3) is 3.90. The predicted molar refractivity (Wildman–Crippen MR) is 97.1 cm³/mol. The van der Waals surface area contributed by atoms with Crippen LogP contribution in [0.5, 0.6) is 5.75 Å². The lowest BCUT2D eigenvalue weighted by Gasteiger charge is -2.15. The molecule has 1 N–H and O–H groups in total. The number of aromatic nitrogens is 3. The fraction of sp³-hybridized carbons (Fsp3) is 0.294. The molecule has 0 amide bonds. The summed E-state index contributed by atoms with van der Waals surface area (Å²) in [6.45, 7) is 1.93. The quantitative estimate of drug-likeness (QED) is 0.619. The fourth-order valence-corrected chi connectivity index (χ4v) is 2.99. The zero-order valence-electron chi connectivity index (χ0n) is 14.8. The molecule has 0 radical (unpaired) electrons. The normalized spacial score (nSPS) is 11.8. The number of hydrogen-bond donors (Lipinski definition) is 1. The average Bonchev–Trinajstić information content (AvgIpc) is 3.06. The van der Waals surface area contributed by atoms with E-state index in [2.05, 4.69) is 5.10 Å². The van der Waals surface area contributed by atoms with Gasteiger partial charge in [-0.25, -0.2) is 4.39 Å². The molecule has 2 aromatic heterocycles. The maximum absolute atomic E-state index is 14.6. The maximum Gasteiger partial charge on any atom is 0.696 e. The van der Waals surface area contributed by atoms with Crippen LogP contribution in [0.15, 0.2) is 35.5 Å². The Bertz CT molecular complexity index is 1060. The molecule has 0 aliphatic heterocycles. The van der Waals surface area contributed by atoms with Gasteiger partial charge < -0.3 is 9.30 Å². The minimum absolute atomic E-state index is 0.165. The zero-order chi connectivity index (χ0) is 19.6. The largest absolute Gasteiger partial charge is 0.696 e. The summed E-state index contributed by atoms with van der Waals surface area (Å²) in [5, 5.41) is 3.85. The molecule has 0 fully saturated rings. The van der Waals surface area contributed by atoms with Gasteiger partial charge in [-0.2, -0.15) is 5.10 Å². The Morgan fingerprint density at radius 1 is 1.33 bits per heavy atom. The van der Waals surface area contributed by atoms with Gasteiger partial charge in [-0.3, -0.25) is 9.48 Å². The van der Waals surface area contributed by atoms with Crippen LogP contribution in [0.2, 0.25) is 0 Å². The first-order valence-electron chi connectivity index (χ1n) is 8.19. The third-order valence-corrected chi connectivity index (χ3v) is 4.26. The van der Waals surface area contributed by atoms with Gasteiger partial charge >= 0.3 is 8.25 Å². The third-order valence-electron chi connectivity index (χ3n) is 3.92. The zero-order valence-corrected chi connectivity index (χ0v) is 15.6. The molecule has 0 bridgehead atoms. The molecule has 2 heterocycles. The predicted octanol–water partition coefficient (Wildman–Crippen LogP) is 2.95. The van der Waals surface area contributed by atoms with E-state index in [4.69, 9.17) is 14.2 Å². The number of nitrogens with zero attached hydrogens (tertiary/aromatic N) is 3. The van der Waals surface area contributed by atoms with E-state index in [1.165, 1.54) is 33.8 Å². The van der Waals surface area contributed by atoms with E-state index in [0.717, 1.165) is 6.42 Å². The van der Waals surface area contributed by atoms with Crippen molar-refractivity contribution in [1.29, 1.82) is 0 Å². The molecule has 3 aromatic rings. The van der Waals surface area contributed by atoms with Gasteiger partial charge in [-0.1, -0.05) is 11.4 Å². The van der Waals surface area contributed by atoms with Crippen molar-refractivity contribution in [3.05, 3.63) is 46.8 Å². The second-order valence-corrected chi connectivity index (χ2v) is 6.59. The summed E-state index contributed by atoms with van der Waals surface area (Å²) in [6, 6.07) is 2.59. The molecule has 142 valence electrons. The number of pyridine rings is 1. The molecule has 8 nitrogen and oxygen atoms in total. The van der Waals surface area contributed by atoms with Crippen molar-refractivity contribution in [3.63, 3.8) is 0 Å². The Hall–Kier alpha value is -2.61. The number of hydrogen-bond acceptors (Lipinski definition) is 5. The van der Waals surface area contributed by atoms with E-state index in [0.29, 0.717) is 17.9 Å². The maximum atomic E-state index is 14.6. The monoisotopic (exact) mass is 394 g/mol.